The third-order valence-electron chi connectivity index (χ3n) is 2.63. The Balaban J connectivity index is 4.05. The molecule has 0 rings (SSSR count). The Morgan fingerprint density at radius 2 is 1.60 bits per heavy atom. The molecule has 0 amide bonds. The van der Waals surface area contributed by atoms with Gasteiger partial charge in [-0.15, -0.1) is 0 Å². The third kappa shape index (κ3) is 6.88. The van der Waals surface area contributed by atoms with Crippen molar-refractivity contribution in [1.82, 2.24) is 4.90 Å². The van der Waals surface area contributed by atoms with Gasteiger partial charge in [0.2, 0.25) is 0 Å². The molecule has 0 aliphatic heterocycles. The smallest absolute Gasteiger partial charge is 0.0640 e. The van der Waals surface area contributed by atoms with Crippen LogP contribution in [-0.2, 0) is 9.47 Å². The first-order valence-corrected chi connectivity index (χ1v) is 5.87. The molecule has 0 aliphatic carbocycles. The maximum absolute atomic E-state index is 5.22. The molecule has 92 valence electrons. The van der Waals surface area contributed by atoms with E-state index in [0.717, 1.165) is 32.2 Å². The Bertz CT molecular complexity index is 134. The van der Waals surface area contributed by atoms with E-state index in [4.69, 9.17) is 9.47 Å². The molecule has 0 heterocycles. The summed E-state index contributed by atoms with van der Waals surface area (Å²) >= 11 is 0. The fraction of sp³-hybridized carbons (Fsp3) is 1.00. The topological polar surface area (TPSA) is 21.7 Å². The molecule has 0 unspecified atom stereocenters. The van der Waals surface area contributed by atoms with Gasteiger partial charge in [-0.3, -0.25) is 4.90 Å². The lowest BCUT2D eigenvalue weighted by atomic mass is 10.1. The molecule has 3 heteroatoms. The van der Waals surface area contributed by atoms with Gasteiger partial charge in [-0.1, -0.05) is 20.8 Å². The lowest BCUT2D eigenvalue weighted by molar-refractivity contribution is 0.0361. The average Bonchev–Trinajstić information content (AvgIpc) is 2.19. The first kappa shape index (κ1) is 14.9. The van der Waals surface area contributed by atoms with Crippen LogP contribution in [0.4, 0.5) is 0 Å². The number of likely N-dealkylation sites (N-methyl/N-ethyl adjacent to an activating group) is 1. The highest BCUT2D eigenvalue weighted by atomic mass is 16.5. The Kier molecular flexibility index (Phi) is 9.06. The molecule has 0 aromatic heterocycles. The summed E-state index contributed by atoms with van der Waals surface area (Å²) in [7, 11) is 3.50. The van der Waals surface area contributed by atoms with Crippen molar-refractivity contribution < 1.29 is 9.47 Å². The first-order valence-electron chi connectivity index (χ1n) is 5.87. The van der Waals surface area contributed by atoms with Gasteiger partial charge in [0.1, 0.15) is 0 Å². The SMILES string of the molecule is CCN(CCC(C)C)C(COC)COC. The molecule has 0 radical (unpaired) electrons. The summed E-state index contributed by atoms with van der Waals surface area (Å²) in [6.07, 6.45) is 1.23. The van der Waals surface area contributed by atoms with Crippen LogP contribution in [0, 0.1) is 5.92 Å². The minimum atomic E-state index is 0.392. The highest BCUT2D eigenvalue weighted by Crippen LogP contribution is 2.06. The number of hydrogen-bond donors (Lipinski definition) is 0. The Morgan fingerprint density at radius 3 is 1.93 bits per heavy atom. The van der Waals surface area contributed by atoms with Crippen LogP contribution in [0.5, 0.6) is 0 Å². The van der Waals surface area contributed by atoms with Crippen molar-refractivity contribution in [2.24, 2.45) is 5.92 Å². The fourth-order valence-electron chi connectivity index (χ4n) is 1.67. The van der Waals surface area contributed by atoms with E-state index in [1.54, 1.807) is 14.2 Å². The minimum Gasteiger partial charge on any atom is -0.383 e. The molecule has 0 aromatic rings. The molecular formula is C12H27NO2. The third-order valence-corrected chi connectivity index (χ3v) is 2.63. The van der Waals surface area contributed by atoms with Crippen molar-refractivity contribution in [2.45, 2.75) is 33.2 Å². The summed E-state index contributed by atoms with van der Waals surface area (Å²) < 4.78 is 10.4. The molecule has 3 nitrogen and oxygen atoms in total. The molecule has 0 saturated carbocycles. The van der Waals surface area contributed by atoms with Gasteiger partial charge < -0.3 is 9.47 Å². The average molecular weight is 217 g/mol. The van der Waals surface area contributed by atoms with Gasteiger partial charge in [0.25, 0.3) is 0 Å². The second-order valence-corrected chi connectivity index (χ2v) is 4.38. The van der Waals surface area contributed by atoms with Crippen molar-refractivity contribution in [3.8, 4) is 0 Å². The largest absolute Gasteiger partial charge is 0.383 e. The highest BCUT2D eigenvalue weighted by Gasteiger charge is 2.16. The van der Waals surface area contributed by atoms with Crippen LogP contribution in [0.25, 0.3) is 0 Å². The quantitative estimate of drug-likeness (QED) is 0.590. The van der Waals surface area contributed by atoms with Gasteiger partial charge in [-0.05, 0) is 25.4 Å². The van der Waals surface area contributed by atoms with Crippen molar-refractivity contribution in [3.05, 3.63) is 0 Å². The molecule has 0 bridgehead atoms. The number of methoxy groups -OCH3 is 2. The second kappa shape index (κ2) is 9.13. The highest BCUT2D eigenvalue weighted by molar-refractivity contribution is 4.70. The summed E-state index contributed by atoms with van der Waals surface area (Å²) in [5.41, 5.74) is 0. The van der Waals surface area contributed by atoms with E-state index in [0.29, 0.717) is 6.04 Å². The molecule has 0 N–H and O–H groups in total. The molecule has 0 atom stereocenters. The summed E-state index contributed by atoms with van der Waals surface area (Å²) in [4.78, 5) is 2.44. The van der Waals surface area contributed by atoms with Gasteiger partial charge in [0.15, 0.2) is 0 Å². The van der Waals surface area contributed by atoms with Gasteiger partial charge in [0, 0.05) is 14.2 Å². The fourth-order valence-corrected chi connectivity index (χ4v) is 1.67. The van der Waals surface area contributed by atoms with E-state index in [9.17, 15) is 0 Å². The summed E-state index contributed by atoms with van der Waals surface area (Å²) in [6, 6.07) is 0.392. The Labute approximate surface area is 94.7 Å². The first-order chi connectivity index (χ1) is 7.15. The van der Waals surface area contributed by atoms with Crippen LogP contribution < -0.4 is 0 Å². The molecular weight excluding hydrogens is 190 g/mol. The number of rotatable bonds is 9. The lowest BCUT2D eigenvalue weighted by Gasteiger charge is -2.30. The van der Waals surface area contributed by atoms with Crippen LogP contribution >= 0.6 is 0 Å². The van der Waals surface area contributed by atoms with Gasteiger partial charge in [-0.2, -0.15) is 0 Å². The van der Waals surface area contributed by atoms with Crippen LogP contribution in [-0.4, -0.2) is 51.5 Å². The van der Waals surface area contributed by atoms with Gasteiger partial charge >= 0.3 is 0 Å². The van der Waals surface area contributed by atoms with Crippen LogP contribution in [0.3, 0.4) is 0 Å². The van der Waals surface area contributed by atoms with E-state index < -0.39 is 0 Å². The zero-order chi connectivity index (χ0) is 11.7. The van der Waals surface area contributed by atoms with E-state index in [1.165, 1.54) is 6.42 Å². The number of ether oxygens (including phenoxy) is 2. The Morgan fingerprint density at radius 1 is 1.07 bits per heavy atom. The van der Waals surface area contributed by atoms with Crippen molar-refractivity contribution in [2.75, 3.05) is 40.5 Å². The molecule has 0 spiro atoms. The second-order valence-electron chi connectivity index (χ2n) is 4.38. The Hall–Kier alpha value is -0.120. The zero-order valence-electron chi connectivity index (χ0n) is 11.0. The summed E-state index contributed by atoms with van der Waals surface area (Å²) in [6.45, 7) is 10.4. The molecule has 0 fully saturated rings. The predicted molar refractivity (Wildman–Crippen MR) is 64.2 cm³/mol. The maximum Gasteiger partial charge on any atom is 0.0640 e. The summed E-state index contributed by atoms with van der Waals surface area (Å²) in [5.74, 6) is 0.754. The minimum absolute atomic E-state index is 0.392. The molecule has 0 saturated heterocycles. The van der Waals surface area contributed by atoms with E-state index in [1.807, 2.05) is 0 Å². The van der Waals surface area contributed by atoms with Crippen molar-refractivity contribution in [3.63, 3.8) is 0 Å². The van der Waals surface area contributed by atoms with Gasteiger partial charge in [-0.25, -0.2) is 0 Å². The van der Waals surface area contributed by atoms with Crippen LogP contribution in [0.2, 0.25) is 0 Å². The summed E-state index contributed by atoms with van der Waals surface area (Å²) in [5, 5.41) is 0. The molecule has 0 aliphatic rings. The normalized spacial score (nSPS) is 12.0. The standard InChI is InChI=1S/C12H27NO2/c1-6-13(8-7-11(2)3)12(9-14-4)10-15-5/h11-12H,6-10H2,1-5H3. The lowest BCUT2D eigenvalue weighted by Crippen LogP contribution is -2.42. The van der Waals surface area contributed by atoms with Crippen molar-refractivity contribution in [1.29, 1.82) is 0 Å². The van der Waals surface area contributed by atoms with Gasteiger partial charge in [0.05, 0.1) is 19.3 Å². The number of nitrogens with zero attached hydrogens (tertiary/aromatic N) is 1. The molecule has 0 aromatic carbocycles. The van der Waals surface area contributed by atoms with Crippen molar-refractivity contribution >= 4 is 0 Å². The van der Waals surface area contributed by atoms with Crippen LogP contribution in [0.1, 0.15) is 27.2 Å². The van der Waals surface area contributed by atoms with Crippen LogP contribution in [0.15, 0.2) is 0 Å². The predicted octanol–water partition coefficient (Wildman–Crippen LogP) is 2.02. The maximum atomic E-state index is 5.22. The van der Waals surface area contributed by atoms with E-state index in [2.05, 4.69) is 25.7 Å². The zero-order valence-corrected chi connectivity index (χ0v) is 11.0. The monoisotopic (exact) mass is 217 g/mol. The van der Waals surface area contributed by atoms with E-state index in [-0.39, 0.29) is 0 Å². The number of hydrogen-bond acceptors (Lipinski definition) is 3. The van der Waals surface area contributed by atoms with E-state index >= 15 is 0 Å². The molecule has 15 heavy (non-hydrogen) atoms.